The number of fused-ring (bicyclic) bond motifs is 1. The number of aldehydes is 1. The molecular weight excluding hydrogens is 220 g/mol. The van der Waals surface area contributed by atoms with Crippen molar-refractivity contribution in [2.75, 3.05) is 0 Å². The van der Waals surface area contributed by atoms with Crippen LogP contribution in [0.5, 0.6) is 0 Å². The summed E-state index contributed by atoms with van der Waals surface area (Å²) in [6.45, 7) is 0. The van der Waals surface area contributed by atoms with E-state index in [1.165, 1.54) is 24.0 Å². The Hall–Kier alpha value is -1.55. The van der Waals surface area contributed by atoms with Gasteiger partial charge in [-0.25, -0.2) is 0 Å². The number of aromatic nitrogens is 2. The fraction of sp³-hybridized carbons (Fsp3) is 0.250. The van der Waals surface area contributed by atoms with E-state index in [4.69, 9.17) is 0 Å². The number of carbonyl (C=O) groups is 1. The molecule has 0 amide bonds. The topological polar surface area (TPSA) is 42.9 Å². The van der Waals surface area contributed by atoms with Crippen LogP contribution in [0.3, 0.4) is 0 Å². The first-order valence-corrected chi connectivity index (χ1v) is 6.05. The molecule has 2 aromatic rings. The molecule has 1 aromatic carbocycles. The third-order valence-electron chi connectivity index (χ3n) is 2.99. The summed E-state index contributed by atoms with van der Waals surface area (Å²) >= 11 is 1.15. The first kappa shape index (κ1) is 9.66. The number of hydrogen-bond donors (Lipinski definition) is 0. The Balaban J connectivity index is 2.10. The second kappa shape index (κ2) is 3.79. The fourth-order valence-corrected chi connectivity index (χ4v) is 2.69. The van der Waals surface area contributed by atoms with Gasteiger partial charge in [0.05, 0.1) is 0 Å². The number of rotatable bonds is 2. The van der Waals surface area contributed by atoms with Crippen molar-refractivity contribution < 1.29 is 4.79 Å². The zero-order chi connectivity index (χ0) is 11.0. The van der Waals surface area contributed by atoms with Crippen molar-refractivity contribution in [3.63, 3.8) is 0 Å². The molecule has 1 aromatic heterocycles. The number of carbonyl (C=O) groups excluding carboxylic acids is 1. The van der Waals surface area contributed by atoms with Crippen molar-refractivity contribution in [1.82, 2.24) is 9.59 Å². The van der Waals surface area contributed by atoms with E-state index in [-0.39, 0.29) is 0 Å². The van der Waals surface area contributed by atoms with Gasteiger partial charge in [0.1, 0.15) is 10.6 Å². The molecule has 0 bridgehead atoms. The lowest BCUT2D eigenvalue weighted by atomic mass is 10.0. The fourth-order valence-electron chi connectivity index (χ4n) is 2.19. The molecule has 0 atom stereocenters. The Bertz CT molecular complexity index is 548. The monoisotopic (exact) mass is 230 g/mol. The van der Waals surface area contributed by atoms with Crippen LogP contribution in [-0.4, -0.2) is 15.9 Å². The van der Waals surface area contributed by atoms with Crippen LogP contribution in [0.2, 0.25) is 0 Å². The molecule has 1 heterocycles. The minimum absolute atomic E-state index is 0.609. The number of hydrogen-bond acceptors (Lipinski definition) is 4. The van der Waals surface area contributed by atoms with Crippen LogP contribution in [0.1, 0.15) is 27.2 Å². The van der Waals surface area contributed by atoms with Crippen LogP contribution in [0.25, 0.3) is 11.3 Å². The standard InChI is InChI=1S/C12H10N2OS/c15-7-11-12(13-14-16-11)10-5-4-8-2-1-3-9(8)6-10/h4-7H,1-3H2. The van der Waals surface area contributed by atoms with Gasteiger partial charge in [0.25, 0.3) is 0 Å². The van der Waals surface area contributed by atoms with Gasteiger partial charge in [0.15, 0.2) is 6.29 Å². The Kier molecular flexibility index (Phi) is 2.29. The van der Waals surface area contributed by atoms with Gasteiger partial charge in [-0.15, -0.1) is 5.10 Å². The highest BCUT2D eigenvalue weighted by molar-refractivity contribution is 7.07. The van der Waals surface area contributed by atoms with Crippen LogP contribution in [-0.2, 0) is 12.8 Å². The lowest BCUT2D eigenvalue weighted by molar-refractivity contribution is 0.112. The SMILES string of the molecule is O=Cc1snnc1-c1ccc2c(c1)CCC2. The Labute approximate surface area is 97.3 Å². The van der Waals surface area contributed by atoms with E-state index in [9.17, 15) is 4.79 Å². The van der Waals surface area contributed by atoms with Crippen molar-refractivity contribution in [1.29, 1.82) is 0 Å². The predicted octanol–water partition coefficient (Wildman–Crippen LogP) is 2.51. The minimum atomic E-state index is 0.609. The molecular formula is C12H10N2OS. The maximum atomic E-state index is 10.8. The molecule has 0 aliphatic heterocycles. The summed E-state index contributed by atoms with van der Waals surface area (Å²) in [5.41, 5.74) is 4.55. The smallest absolute Gasteiger partial charge is 0.163 e. The van der Waals surface area contributed by atoms with Crippen molar-refractivity contribution in [3.8, 4) is 11.3 Å². The van der Waals surface area contributed by atoms with Crippen LogP contribution in [0.4, 0.5) is 0 Å². The Morgan fingerprint density at radius 2 is 2.12 bits per heavy atom. The molecule has 0 radical (unpaired) electrons. The highest BCUT2D eigenvalue weighted by Gasteiger charge is 2.14. The summed E-state index contributed by atoms with van der Waals surface area (Å²) in [5, 5.41) is 4.02. The first-order valence-electron chi connectivity index (χ1n) is 5.28. The van der Waals surface area contributed by atoms with E-state index in [1.54, 1.807) is 0 Å². The van der Waals surface area contributed by atoms with Crippen molar-refractivity contribution >= 4 is 17.8 Å². The van der Waals surface area contributed by atoms with Crippen LogP contribution < -0.4 is 0 Å². The van der Waals surface area contributed by atoms with E-state index in [2.05, 4.69) is 21.7 Å². The Morgan fingerprint density at radius 1 is 1.25 bits per heavy atom. The van der Waals surface area contributed by atoms with Gasteiger partial charge in [0.2, 0.25) is 0 Å². The highest BCUT2D eigenvalue weighted by atomic mass is 32.1. The summed E-state index contributed by atoms with van der Waals surface area (Å²) in [7, 11) is 0. The summed E-state index contributed by atoms with van der Waals surface area (Å²) in [4.78, 5) is 11.4. The van der Waals surface area contributed by atoms with Gasteiger partial charge in [0, 0.05) is 5.56 Å². The summed E-state index contributed by atoms with van der Waals surface area (Å²) < 4.78 is 3.82. The number of aryl methyl sites for hydroxylation is 2. The van der Waals surface area contributed by atoms with Crippen LogP contribution in [0, 0.1) is 0 Å². The summed E-state index contributed by atoms with van der Waals surface area (Å²) in [6.07, 6.45) is 4.37. The van der Waals surface area contributed by atoms with Crippen LogP contribution >= 0.6 is 11.5 Å². The molecule has 0 N–H and O–H groups in total. The predicted molar refractivity (Wildman–Crippen MR) is 62.8 cm³/mol. The van der Waals surface area contributed by atoms with E-state index >= 15 is 0 Å². The second-order valence-corrected chi connectivity index (χ2v) is 4.73. The van der Waals surface area contributed by atoms with E-state index < -0.39 is 0 Å². The molecule has 0 unspecified atom stereocenters. The minimum Gasteiger partial charge on any atom is -0.297 e. The third-order valence-corrected chi connectivity index (χ3v) is 3.64. The van der Waals surface area contributed by atoms with Crippen LogP contribution in [0.15, 0.2) is 18.2 Å². The molecule has 0 saturated heterocycles. The molecule has 80 valence electrons. The molecule has 0 saturated carbocycles. The van der Waals surface area contributed by atoms with Crippen molar-refractivity contribution in [2.24, 2.45) is 0 Å². The third kappa shape index (κ3) is 1.46. The maximum Gasteiger partial charge on any atom is 0.163 e. The lowest BCUT2D eigenvalue weighted by Gasteiger charge is -2.02. The number of nitrogens with zero attached hydrogens (tertiary/aromatic N) is 2. The number of benzene rings is 1. The zero-order valence-electron chi connectivity index (χ0n) is 8.64. The van der Waals surface area contributed by atoms with Gasteiger partial charge in [-0.05, 0) is 48.0 Å². The van der Waals surface area contributed by atoms with Gasteiger partial charge in [-0.3, -0.25) is 4.79 Å². The van der Waals surface area contributed by atoms with Crippen molar-refractivity contribution in [3.05, 3.63) is 34.2 Å². The van der Waals surface area contributed by atoms with Gasteiger partial charge in [-0.1, -0.05) is 16.6 Å². The molecule has 4 heteroatoms. The quantitative estimate of drug-likeness (QED) is 0.744. The summed E-state index contributed by atoms with van der Waals surface area (Å²) in [6, 6.07) is 6.32. The average Bonchev–Trinajstić information content (AvgIpc) is 2.96. The molecule has 16 heavy (non-hydrogen) atoms. The molecule has 0 fully saturated rings. The van der Waals surface area contributed by atoms with E-state index in [1.807, 2.05) is 6.07 Å². The van der Waals surface area contributed by atoms with Gasteiger partial charge < -0.3 is 0 Å². The maximum absolute atomic E-state index is 10.8. The highest BCUT2D eigenvalue weighted by Crippen LogP contribution is 2.29. The molecule has 0 spiro atoms. The largest absolute Gasteiger partial charge is 0.297 e. The molecule has 3 rings (SSSR count). The van der Waals surface area contributed by atoms with Crippen molar-refractivity contribution in [2.45, 2.75) is 19.3 Å². The normalized spacial score (nSPS) is 13.8. The average molecular weight is 230 g/mol. The molecule has 1 aliphatic rings. The lowest BCUT2D eigenvalue weighted by Crippen LogP contribution is -1.87. The summed E-state index contributed by atoms with van der Waals surface area (Å²) in [5.74, 6) is 0. The molecule has 1 aliphatic carbocycles. The van der Waals surface area contributed by atoms with E-state index in [0.717, 1.165) is 35.5 Å². The first-order chi connectivity index (χ1) is 7.88. The second-order valence-electron chi connectivity index (χ2n) is 3.94. The van der Waals surface area contributed by atoms with E-state index in [0.29, 0.717) is 4.88 Å². The Morgan fingerprint density at radius 3 is 3.00 bits per heavy atom. The van der Waals surface area contributed by atoms with Gasteiger partial charge in [-0.2, -0.15) is 0 Å². The molecule has 3 nitrogen and oxygen atoms in total. The van der Waals surface area contributed by atoms with Gasteiger partial charge >= 0.3 is 0 Å². The zero-order valence-corrected chi connectivity index (χ0v) is 9.46.